The van der Waals surface area contributed by atoms with Gasteiger partial charge in [-0.25, -0.2) is 4.79 Å². The van der Waals surface area contributed by atoms with Crippen LogP contribution in [0.5, 0.6) is 0 Å². The maximum absolute atomic E-state index is 13.1. The third-order valence-corrected chi connectivity index (χ3v) is 5.89. The van der Waals surface area contributed by atoms with E-state index in [9.17, 15) is 9.59 Å². The predicted octanol–water partition coefficient (Wildman–Crippen LogP) is 5.76. The summed E-state index contributed by atoms with van der Waals surface area (Å²) in [4.78, 5) is 29.4. The number of urea groups is 1. The van der Waals surface area contributed by atoms with E-state index < -0.39 is 0 Å². The molecule has 5 nitrogen and oxygen atoms in total. The lowest BCUT2D eigenvalue weighted by Crippen LogP contribution is -2.49. The molecule has 3 aromatic carbocycles. The van der Waals surface area contributed by atoms with E-state index in [1.165, 1.54) is 0 Å². The highest BCUT2D eigenvalue weighted by atomic mass is 35.5. The molecular weight excluding hydrogens is 445 g/mol. The van der Waals surface area contributed by atoms with Gasteiger partial charge in [-0.3, -0.25) is 9.69 Å². The molecule has 1 fully saturated rings. The monoisotopic (exact) mass is 467 g/mol. The lowest BCUT2D eigenvalue weighted by atomic mass is 10.1. The van der Waals surface area contributed by atoms with Gasteiger partial charge in [0.25, 0.3) is 5.91 Å². The van der Waals surface area contributed by atoms with Gasteiger partial charge >= 0.3 is 6.03 Å². The van der Waals surface area contributed by atoms with Crippen LogP contribution in [0.2, 0.25) is 10.0 Å². The Balaban J connectivity index is 1.43. The number of carbonyl (C=O) groups is 2. The molecule has 3 aromatic rings. The van der Waals surface area contributed by atoms with Crippen molar-refractivity contribution in [2.24, 2.45) is 0 Å². The van der Waals surface area contributed by atoms with Gasteiger partial charge in [-0.2, -0.15) is 0 Å². The van der Waals surface area contributed by atoms with Gasteiger partial charge in [-0.05, 0) is 60.0 Å². The van der Waals surface area contributed by atoms with Crippen LogP contribution >= 0.6 is 23.2 Å². The molecule has 1 N–H and O–H groups in total. The highest BCUT2D eigenvalue weighted by Crippen LogP contribution is 2.23. The molecule has 4 rings (SSSR count). The summed E-state index contributed by atoms with van der Waals surface area (Å²) >= 11 is 11.9. The Hall–Kier alpha value is -3.02. The first-order valence-electron chi connectivity index (χ1n) is 10.4. The fraction of sp³-hybridized carbons (Fsp3) is 0.200. The number of amides is 3. The molecule has 0 bridgehead atoms. The molecule has 0 saturated carbocycles. The Kier molecular flexibility index (Phi) is 6.98. The molecule has 0 aromatic heterocycles. The summed E-state index contributed by atoms with van der Waals surface area (Å²) in [7, 11) is 0. The minimum Gasteiger partial charge on any atom is -0.348 e. The van der Waals surface area contributed by atoms with Gasteiger partial charge in [0.05, 0.1) is 0 Å². The minimum atomic E-state index is -0.190. The van der Waals surface area contributed by atoms with E-state index in [0.29, 0.717) is 41.8 Å². The summed E-state index contributed by atoms with van der Waals surface area (Å²) in [5.41, 5.74) is 3.22. The van der Waals surface area contributed by atoms with Gasteiger partial charge < -0.3 is 10.2 Å². The third kappa shape index (κ3) is 5.42. The number of rotatable bonds is 6. The van der Waals surface area contributed by atoms with Gasteiger partial charge in [0.1, 0.15) is 0 Å². The van der Waals surface area contributed by atoms with Crippen LogP contribution in [0.1, 0.15) is 27.9 Å². The smallest absolute Gasteiger partial charge is 0.324 e. The molecule has 164 valence electrons. The van der Waals surface area contributed by atoms with Crippen LogP contribution in [-0.2, 0) is 13.1 Å². The lowest BCUT2D eigenvalue weighted by Gasteiger charge is -2.35. The summed E-state index contributed by atoms with van der Waals surface area (Å²) in [5, 5.41) is 4.24. The number of benzene rings is 3. The molecule has 7 heteroatoms. The van der Waals surface area contributed by atoms with Crippen molar-refractivity contribution in [2.45, 2.75) is 19.5 Å². The number of carbonyl (C=O) groups excluding carboxylic acids is 2. The number of hydrogen-bond acceptors (Lipinski definition) is 2. The molecule has 1 aliphatic rings. The molecule has 1 heterocycles. The van der Waals surface area contributed by atoms with Crippen molar-refractivity contribution >= 4 is 40.8 Å². The van der Waals surface area contributed by atoms with E-state index in [0.717, 1.165) is 23.2 Å². The average Bonchev–Trinajstić information content (AvgIpc) is 2.81. The number of anilines is 1. The summed E-state index contributed by atoms with van der Waals surface area (Å²) in [6, 6.07) is 22.0. The Morgan fingerprint density at radius 2 is 1.53 bits per heavy atom. The largest absolute Gasteiger partial charge is 0.348 e. The molecular formula is C25H23Cl2N3O2. The van der Waals surface area contributed by atoms with Crippen LogP contribution in [-0.4, -0.2) is 29.9 Å². The number of nitrogens with one attached hydrogen (secondary N) is 1. The molecule has 0 radical (unpaired) electrons. The highest BCUT2D eigenvalue weighted by Gasteiger charge is 2.27. The molecule has 3 amide bonds. The summed E-state index contributed by atoms with van der Waals surface area (Å²) in [6.45, 7) is 2.23. The normalized spacial score (nSPS) is 13.9. The van der Waals surface area contributed by atoms with E-state index in [1.54, 1.807) is 35.2 Å². The van der Waals surface area contributed by atoms with E-state index in [1.807, 2.05) is 47.4 Å². The molecule has 0 unspecified atom stereocenters. The Bertz CT molecular complexity index is 1100. The summed E-state index contributed by atoms with van der Waals surface area (Å²) < 4.78 is 0. The van der Waals surface area contributed by atoms with Crippen molar-refractivity contribution in [3.63, 3.8) is 0 Å². The van der Waals surface area contributed by atoms with Gasteiger partial charge in [0.2, 0.25) is 0 Å². The zero-order chi connectivity index (χ0) is 22.5. The Morgan fingerprint density at radius 3 is 2.22 bits per heavy atom. The first-order valence-corrected chi connectivity index (χ1v) is 11.2. The van der Waals surface area contributed by atoms with Crippen LogP contribution in [0.3, 0.4) is 0 Å². The minimum absolute atomic E-state index is 0.0649. The molecule has 0 aliphatic carbocycles. The van der Waals surface area contributed by atoms with E-state index in [-0.39, 0.29) is 11.9 Å². The second-order valence-electron chi connectivity index (χ2n) is 7.70. The first kappa shape index (κ1) is 22.2. The van der Waals surface area contributed by atoms with Crippen molar-refractivity contribution in [1.82, 2.24) is 10.2 Å². The predicted molar refractivity (Wildman–Crippen MR) is 128 cm³/mol. The molecule has 32 heavy (non-hydrogen) atoms. The van der Waals surface area contributed by atoms with E-state index in [2.05, 4.69) is 5.32 Å². The van der Waals surface area contributed by atoms with E-state index >= 15 is 0 Å². The van der Waals surface area contributed by atoms with E-state index in [4.69, 9.17) is 23.2 Å². The van der Waals surface area contributed by atoms with Crippen molar-refractivity contribution in [3.05, 3.63) is 99.5 Å². The SMILES string of the molecule is O=C(NCc1ccc(Cl)cc1)c1cccc(N2CCCN(Cc3ccc(Cl)cc3)C2=O)c1. The highest BCUT2D eigenvalue weighted by molar-refractivity contribution is 6.30. The molecule has 0 spiro atoms. The second-order valence-corrected chi connectivity index (χ2v) is 8.57. The standard InChI is InChI=1S/C25H23Cl2N3O2/c26-21-9-5-18(6-10-21)16-28-24(31)20-3-1-4-23(15-20)30-14-2-13-29(25(30)32)17-19-7-11-22(27)12-8-19/h1,3-12,15H,2,13-14,16-17H2,(H,28,31). The van der Waals surface area contributed by atoms with Crippen LogP contribution in [0.4, 0.5) is 10.5 Å². The fourth-order valence-corrected chi connectivity index (χ4v) is 3.93. The maximum atomic E-state index is 13.1. The van der Waals surface area contributed by atoms with Crippen molar-refractivity contribution in [3.8, 4) is 0 Å². The maximum Gasteiger partial charge on any atom is 0.324 e. The van der Waals surface area contributed by atoms with Crippen LogP contribution < -0.4 is 10.2 Å². The number of nitrogens with zero attached hydrogens (tertiary/aromatic N) is 2. The fourth-order valence-electron chi connectivity index (χ4n) is 3.68. The van der Waals surface area contributed by atoms with Crippen LogP contribution in [0.25, 0.3) is 0 Å². The van der Waals surface area contributed by atoms with Crippen LogP contribution in [0.15, 0.2) is 72.8 Å². The third-order valence-electron chi connectivity index (χ3n) is 5.38. The van der Waals surface area contributed by atoms with Crippen molar-refractivity contribution in [2.75, 3.05) is 18.0 Å². The zero-order valence-corrected chi connectivity index (χ0v) is 18.9. The van der Waals surface area contributed by atoms with Gasteiger partial charge in [0, 0.05) is 47.5 Å². The van der Waals surface area contributed by atoms with Gasteiger partial charge in [-0.1, -0.05) is 53.5 Å². The average molecular weight is 468 g/mol. The summed E-state index contributed by atoms with van der Waals surface area (Å²) in [6.07, 6.45) is 0.853. The van der Waals surface area contributed by atoms with Crippen molar-refractivity contribution in [1.29, 1.82) is 0 Å². The van der Waals surface area contributed by atoms with Crippen LogP contribution in [0, 0.1) is 0 Å². The molecule has 0 atom stereocenters. The molecule has 1 saturated heterocycles. The lowest BCUT2D eigenvalue weighted by molar-refractivity contribution is 0.0951. The Labute approximate surface area is 197 Å². The quantitative estimate of drug-likeness (QED) is 0.501. The first-order chi connectivity index (χ1) is 15.5. The summed E-state index contributed by atoms with van der Waals surface area (Å²) in [5.74, 6) is -0.190. The van der Waals surface area contributed by atoms with Gasteiger partial charge in [0.15, 0.2) is 0 Å². The number of hydrogen-bond donors (Lipinski definition) is 1. The topological polar surface area (TPSA) is 52.7 Å². The second kappa shape index (κ2) is 10.1. The van der Waals surface area contributed by atoms with Gasteiger partial charge in [-0.15, -0.1) is 0 Å². The van der Waals surface area contributed by atoms with Crippen molar-refractivity contribution < 1.29 is 9.59 Å². The Morgan fingerprint density at radius 1 is 0.875 bits per heavy atom. The molecule has 1 aliphatic heterocycles. The number of halogens is 2. The zero-order valence-electron chi connectivity index (χ0n) is 17.4.